The van der Waals surface area contributed by atoms with Crippen LogP contribution in [0.3, 0.4) is 0 Å². The summed E-state index contributed by atoms with van der Waals surface area (Å²) in [5.74, 6) is 0.0875. The second-order valence-electron chi connectivity index (χ2n) is 7.28. The Kier molecular flexibility index (Phi) is 9.82. The predicted octanol–water partition coefficient (Wildman–Crippen LogP) is 5.93. The number of hydrogen-bond donors (Lipinski definition) is 1. The summed E-state index contributed by atoms with van der Waals surface area (Å²) in [6, 6.07) is 11.8. The highest BCUT2D eigenvalue weighted by Crippen LogP contribution is 2.27. The van der Waals surface area contributed by atoms with Gasteiger partial charge in [0, 0.05) is 38.6 Å². The topological polar surface area (TPSA) is 49.4 Å². The fourth-order valence-electron chi connectivity index (χ4n) is 2.65. The summed E-state index contributed by atoms with van der Waals surface area (Å²) in [6.07, 6.45) is 0. The van der Waals surface area contributed by atoms with Crippen molar-refractivity contribution in [1.82, 2.24) is 10.2 Å². The summed E-state index contributed by atoms with van der Waals surface area (Å²) in [5, 5.41) is 4.44. The molecule has 2 rings (SSSR count). The summed E-state index contributed by atoms with van der Waals surface area (Å²) in [4.78, 5) is 28.2. The zero-order chi connectivity index (χ0) is 22.3. The van der Waals surface area contributed by atoms with Gasteiger partial charge >= 0.3 is 0 Å². The van der Waals surface area contributed by atoms with Crippen molar-refractivity contribution < 1.29 is 9.59 Å². The van der Waals surface area contributed by atoms with Crippen LogP contribution < -0.4 is 5.32 Å². The maximum Gasteiger partial charge on any atom is 0.242 e. The molecule has 30 heavy (non-hydrogen) atoms. The Bertz CT molecular complexity index is 855. The number of halogens is 3. The number of thioether (sulfide) groups is 1. The van der Waals surface area contributed by atoms with E-state index in [0.29, 0.717) is 33.1 Å². The van der Waals surface area contributed by atoms with Crippen molar-refractivity contribution in [3.05, 3.63) is 63.1 Å². The van der Waals surface area contributed by atoms with Crippen LogP contribution in [0.4, 0.5) is 0 Å². The Hall–Kier alpha value is -1.40. The number of carbonyl (C=O) groups excluding carboxylic acids is 2. The molecule has 0 bridgehead atoms. The standard InChI is InChI=1S/C22H25Cl3N2O2S/c1-14(2)11-26-22(29)15(3)27(12-18-19(24)5-4-6-20(18)25)21(28)13-30-17-9-7-16(23)8-10-17/h4-10,14-15H,11-13H2,1-3H3,(H,26,29). The minimum atomic E-state index is -0.672. The number of rotatable bonds is 9. The summed E-state index contributed by atoms with van der Waals surface area (Å²) in [6.45, 7) is 6.43. The molecule has 2 aromatic carbocycles. The average molecular weight is 488 g/mol. The molecule has 4 nitrogen and oxygen atoms in total. The van der Waals surface area contributed by atoms with Gasteiger partial charge in [-0.1, -0.05) is 54.7 Å². The minimum absolute atomic E-state index is 0.148. The molecule has 0 aromatic heterocycles. The molecular weight excluding hydrogens is 463 g/mol. The molecule has 0 aliphatic heterocycles. The van der Waals surface area contributed by atoms with Crippen molar-refractivity contribution in [1.29, 1.82) is 0 Å². The third-order valence-corrected chi connectivity index (χ3v) is 6.37. The van der Waals surface area contributed by atoms with Crippen LogP contribution in [0.2, 0.25) is 15.1 Å². The van der Waals surface area contributed by atoms with Gasteiger partial charge in [0.05, 0.1) is 5.75 Å². The van der Waals surface area contributed by atoms with Gasteiger partial charge in [0.25, 0.3) is 0 Å². The molecule has 0 saturated carbocycles. The third-order valence-electron chi connectivity index (χ3n) is 4.42. The maximum absolute atomic E-state index is 13.1. The lowest BCUT2D eigenvalue weighted by Gasteiger charge is -2.29. The second kappa shape index (κ2) is 11.8. The van der Waals surface area contributed by atoms with Gasteiger partial charge in [-0.25, -0.2) is 0 Å². The smallest absolute Gasteiger partial charge is 0.242 e. The minimum Gasteiger partial charge on any atom is -0.354 e. The van der Waals surface area contributed by atoms with Gasteiger partial charge < -0.3 is 10.2 Å². The molecule has 0 fully saturated rings. The van der Waals surface area contributed by atoms with E-state index < -0.39 is 6.04 Å². The van der Waals surface area contributed by atoms with Gasteiger partial charge in [-0.2, -0.15) is 0 Å². The first-order valence-corrected chi connectivity index (χ1v) is 11.7. The highest BCUT2D eigenvalue weighted by atomic mass is 35.5. The van der Waals surface area contributed by atoms with Crippen LogP contribution in [0.1, 0.15) is 26.3 Å². The Morgan fingerprint density at radius 2 is 1.60 bits per heavy atom. The van der Waals surface area contributed by atoms with E-state index in [1.54, 1.807) is 37.3 Å². The van der Waals surface area contributed by atoms with Crippen LogP contribution in [0, 0.1) is 5.92 Å². The van der Waals surface area contributed by atoms with Crippen molar-refractivity contribution in [2.24, 2.45) is 5.92 Å². The first-order valence-electron chi connectivity index (χ1n) is 9.57. The molecule has 1 atom stereocenters. The van der Waals surface area contributed by atoms with Crippen molar-refractivity contribution in [2.45, 2.75) is 38.3 Å². The number of carbonyl (C=O) groups is 2. The molecule has 2 aromatic rings. The number of hydrogen-bond acceptors (Lipinski definition) is 3. The normalized spacial score (nSPS) is 12.0. The van der Waals surface area contributed by atoms with E-state index in [4.69, 9.17) is 34.8 Å². The van der Waals surface area contributed by atoms with Crippen LogP contribution in [0.5, 0.6) is 0 Å². The van der Waals surface area contributed by atoms with Gasteiger partial charge in [0.2, 0.25) is 11.8 Å². The van der Waals surface area contributed by atoms with Crippen molar-refractivity contribution in [3.8, 4) is 0 Å². The SMILES string of the molecule is CC(C)CNC(=O)C(C)N(Cc1c(Cl)cccc1Cl)C(=O)CSc1ccc(Cl)cc1. The van der Waals surface area contributed by atoms with Gasteiger partial charge in [-0.3, -0.25) is 9.59 Å². The first-order chi connectivity index (χ1) is 14.2. The van der Waals surface area contributed by atoms with E-state index in [9.17, 15) is 9.59 Å². The van der Waals surface area contributed by atoms with Crippen LogP contribution >= 0.6 is 46.6 Å². The quantitative estimate of drug-likeness (QED) is 0.446. The summed E-state index contributed by atoms with van der Waals surface area (Å²) < 4.78 is 0. The van der Waals surface area contributed by atoms with Crippen LogP contribution in [0.15, 0.2) is 47.4 Å². The van der Waals surface area contributed by atoms with Crippen molar-refractivity contribution >= 4 is 58.4 Å². The van der Waals surface area contributed by atoms with E-state index in [-0.39, 0.29) is 24.1 Å². The Balaban J connectivity index is 2.19. The highest BCUT2D eigenvalue weighted by molar-refractivity contribution is 8.00. The lowest BCUT2D eigenvalue weighted by molar-refractivity contribution is -0.138. The molecule has 0 spiro atoms. The zero-order valence-corrected chi connectivity index (χ0v) is 20.2. The molecule has 2 amide bonds. The lowest BCUT2D eigenvalue weighted by atomic mass is 10.1. The number of benzene rings is 2. The largest absolute Gasteiger partial charge is 0.354 e. The fourth-order valence-corrected chi connectivity index (χ4v) is 4.08. The molecule has 0 heterocycles. The summed E-state index contributed by atoms with van der Waals surface area (Å²) in [5.41, 5.74) is 0.620. The second-order valence-corrected chi connectivity index (χ2v) is 9.58. The molecule has 0 saturated heterocycles. The Morgan fingerprint density at radius 1 is 1.00 bits per heavy atom. The monoisotopic (exact) mass is 486 g/mol. The van der Waals surface area contributed by atoms with E-state index in [1.807, 2.05) is 26.0 Å². The lowest BCUT2D eigenvalue weighted by Crippen LogP contribution is -2.48. The van der Waals surface area contributed by atoms with Gasteiger partial charge in [-0.05, 0) is 49.2 Å². The number of amides is 2. The van der Waals surface area contributed by atoms with Gasteiger partial charge in [0.15, 0.2) is 0 Å². The van der Waals surface area contributed by atoms with E-state index in [0.717, 1.165) is 4.90 Å². The molecule has 1 unspecified atom stereocenters. The van der Waals surface area contributed by atoms with Gasteiger partial charge in [0.1, 0.15) is 6.04 Å². The highest BCUT2D eigenvalue weighted by Gasteiger charge is 2.27. The molecule has 0 radical (unpaired) electrons. The molecular formula is C22H25Cl3N2O2S. The van der Waals surface area contributed by atoms with E-state index in [1.165, 1.54) is 16.7 Å². The predicted molar refractivity (Wildman–Crippen MR) is 126 cm³/mol. The average Bonchev–Trinajstić information content (AvgIpc) is 2.70. The summed E-state index contributed by atoms with van der Waals surface area (Å²) >= 11 is 19.9. The number of nitrogens with zero attached hydrogens (tertiary/aromatic N) is 1. The van der Waals surface area contributed by atoms with Gasteiger partial charge in [-0.15, -0.1) is 11.8 Å². The summed E-state index contributed by atoms with van der Waals surface area (Å²) in [7, 11) is 0. The molecule has 0 aliphatic carbocycles. The molecule has 8 heteroatoms. The maximum atomic E-state index is 13.1. The first kappa shape index (κ1) is 24.9. The zero-order valence-electron chi connectivity index (χ0n) is 17.1. The van der Waals surface area contributed by atoms with Crippen molar-refractivity contribution in [2.75, 3.05) is 12.3 Å². The van der Waals surface area contributed by atoms with Crippen LogP contribution in [0.25, 0.3) is 0 Å². The third kappa shape index (κ3) is 7.38. The fraction of sp³-hybridized carbons (Fsp3) is 0.364. The van der Waals surface area contributed by atoms with E-state index in [2.05, 4.69) is 5.32 Å². The number of nitrogens with one attached hydrogen (secondary N) is 1. The molecule has 1 N–H and O–H groups in total. The van der Waals surface area contributed by atoms with Crippen molar-refractivity contribution in [3.63, 3.8) is 0 Å². The van der Waals surface area contributed by atoms with E-state index >= 15 is 0 Å². The Morgan fingerprint density at radius 3 is 2.17 bits per heavy atom. The molecule has 162 valence electrons. The Labute approximate surface area is 197 Å². The van der Waals surface area contributed by atoms with Crippen LogP contribution in [-0.2, 0) is 16.1 Å². The van der Waals surface area contributed by atoms with Crippen LogP contribution in [-0.4, -0.2) is 35.1 Å². The molecule has 0 aliphatic rings.